The van der Waals surface area contributed by atoms with E-state index in [4.69, 9.17) is 4.74 Å². The van der Waals surface area contributed by atoms with Crippen molar-refractivity contribution in [1.29, 1.82) is 0 Å². The Morgan fingerprint density at radius 3 is 2.42 bits per heavy atom. The van der Waals surface area contributed by atoms with E-state index < -0.39 is 11.8 Å². The van der Waals surface area contributed by atoms with Crippen molar-refractivity contribution in [3.63, 3.8) is 0 Å². The van der Waals surface area contributed by atoms with Crippen LogP contribution in [0.2, 0.25) is 0 Å². The molecule has 1 heterocycles. The van der Waals surface area contributed by atoms with Crippen LogP contribution < -0.4 is 20.7 Å². The third-order valence-corrected chi connectivity index (χ3v) is 8.23. The second-order valence-corrected chi connectivity index (χ2v) is 11.8. The summed E-state index contributed by atoms with van der Waals surface area (Å²) in [6.07, 6.45) is 1.64. The third-order valence-electron chi connectivity index (χ3n) is 6.48. The maximum atomic E-state index is 13.4. The topological polar surface area (TPSA) is 109 Å². The van der Waals surface area contributed by atoms with Crippen LogP contribution in [0.1, 0.15) is 21.5 Å². The highest BCUT2D eigenvalue weighted by Gasteiger charge is 2.16. The second-order valence-electron chi connectivity index (χ2n) is 9.88. The minimum atomic E-state index is -0.475. The molecule has 3 amide bonds. The van der Waals surface area contributed by atoms with E-state index in [2.05, 4.69) is 20.9 Å². The van der Waals surface area contributed by atoms with Crippen LogP contribution in [-0.4, -0.2) is 35.6 Å². The molecule has 226 valence electrons. The van der Waals surface area contributed by atoms with E-state index >= 15 is 0 Å². The van der Waals surface area contributed by atoms with Gasteiger partial charge in [0.1, 0.15) is 11.4 Å². The number of aromatic nitrogens is 1. The van der Waals surface area contributed by atoms with E-state index in [0.717, 1.165) is 33.0 Å². The van der Waals surface area contributed by atoms with E-state index in [1.165, 1.54) is 23.1 Å². The van der Waals surface area contributed by atoms with Gasteiger partial charge in [-0.15, -0.1) is 23.1 Å². The molecule has 4 aromatic carbocycles. The van der Waals surface area contributed by atoms with E-state index in [1.54, 1.807) is 55.7 Å². The largest absolute Gasteiger partial charge is 0.497 e. The molecule has 0 aliphatic carbocycles. The minimum Gasteiger partial charge on any atom is -0.497 e. The van der Waals surface area contributed by atoms with Gasteiger partial charge in [-0.2, -0.15) is 0 Å². The maximum Gasteiger partial charge on any atom is 0.272 e. The fraction of sp³-hybridized carbons (Fsp3) is 0.0857. The van der Waals surface area contributed by atoms with Crippen LogP contribution in [0.3, 0.4) is 0 Å². The minimum absolute atomic E-state index is 0.101. The van der Waals surface area contributed by atoms with Crippen molar-refractivity contribution in [2.45, 2.75) is 11.8 Å². The van der Waals surface area contributed by atoms with Gasteiger partial charge in [-0.25, -0.2) is 4.98 Å². The number of nitrogens with one attached hydrogen (secondary N) is 3. The van der Waals surface area contributed by atoms with Gasteiger partial charge in [-0.05, 0) is 73.2 Å². The molecule has 8 nitrogen and oxygen atoms in total. The first-order chi connectivity index (χ1) is 21.9. The first-order valence-corrected chi connectivity index (χ1v) is 15.8. The summed E-state index contributed by atoms with van der Waals surface area (Å²) in [5, 5.41) is 10.9. The molecule has 0 aliphatic heterocycles. The number of carbonyl (C=O) groups excluding carboxylic acids is 3. The number of aryl methyl sites for hydroxylation is 1. The van der Waals surface area contributed by atoms with Gasteiger partial charge in [-0.3, -0.25) is 14.4 Å². The van der Waals surface area contributed by atoms with E-state index in [0.29, 0.717) is 16.4 Å². The molecule has 0 saturated carbocycles. The molecule has 0 fully saturated rings. The number of thioether (sulfide) groups is 1. The zero-order valence-corrected chi connectivity index (χ0v) is 26.2. The van der Waals surface area contributed by atoms with Gasteiger partial charge >= 0.3 is 0 Å². The normalized spacial score (nSPS) is 11.0. The Labute approximate surface area is 269 Å². The van der Waals surface area contributed by atoms with Crippen molar-refractivity contribution in [3.05, 3.63) is 131 Å². The van der Waals surface area contributed by atoms with Crippen molar-refractivity contribution < 1.29 is 19.1 Å². The van der Waals surface area contributed by atoms with Crippen molar-refractivity contribution in [1.82, 2.24) is 10.3 Å². The summed E-state index contributed by atoms with van der Waals surface area (Å²) in [6.45, 7) is 1.96. The lowest BCUT2D eigenvalue weighted by molar-refractivity contribution is -0.114. The Hall–Kier alpha value is -5.19. The Bertz CT molecular complexity index is 1840. The lowest BCUT2D eigenvalue weighted by atomic mass is 10.1. The van der Waals surface area contributed by atoms with Crippen LogP contribution in [0.5, 0.6) is 5.75 Å². The first-order valence-electron chi connectivity index (χ1n) is 13.9. The lowest BCUT2D eigenvalue weighted by Gasteiger charge is -2.12. The molecule has 0 bridgehead atoms. The highest BCUT2D eigenvalue weighted by atomic mass is 32.2. The molecule has 5 aromatic rings. The van der Waals surface area contributed by atoms with Crippen LogP contribution in [-0.2, 0) is 9.59 Å². The molecule has 3 N–H and O–H groups in total. The van der Waals surface area contributed by atoms with Crippen LogP contribution >= 0.6 is 23.1 Å². The Balaban J connectivity index is 1.21. The highest BCUT2D eigenvalue weighted by molar-refractivity contribution is 8.00. The average Bonchev–Trinajstić information content (AvgIpc) is 3.52. The second kappa shape index (κ2) is 15.0. The van der Waals surface area contributed by atoms with Crippen molar-refractivity contribution in [3.8, 4) is 17.0 Å². The number of benzene rings is 4. The molecule has 0 unspecified atom stereocenters. The average molecular weight is 635 g/mol. The monoisotopic (exact) mass is 634 g/mol. The number of rotatable bonds is 11. The fourth-order valence-electron chi connectivity index (χ4n) is 4.26. The van der Waals surface area contributed by atoms with Crippen molar-refractivity contribution in [2.24, 2.45) is 0 Å². The van der Waals surface area contributed by atoms with Crippen LogP contribution in [0.25, 0.3) is 17.3 Å². The number of hydrogen-bond donors (Lipinski definition) is 3. The van der Waals surface area contributed by atoms with E-state index in [1.807, 2.05) is 73.0 Å². The predicted octanol–water partition coefficient (Wildman–Crippen LogP) is 7.27. The number of amides is 3. The number of nitrogens with zero attached hydrogens (tertiary/aromatic N) is 1. The van der Waals surface area contributed by atoms with Gasteiger partial charge in [0.05, 0.1) is 18.6 Å². The van der Waals surface area contributed by atoms with Gasteiger partial charge in [0.25, 0.3) is 11.8 Å². The predicted molar refractivity (Wildman–Crippen MR) is 182 cm³/mol. The number of hydrogen-bond acceptors (Lipinski definition) is 7. The van der Waals surface area contributed by atoms with E-state index in [-0.39, 0.29) is 17.4 Å². The number of thiazole rings is 1. The molecular formula is C35H30N4O4S2. The lowest BCUT2D eigenvalue weighted by Crippen LogP contribution is -2.30. The zero-order chi connectivity index (χ0) is 31.6. The SMILES string of the molecule is COc1ccc(-c2csc(NC(=O)CSc3cccc(NC(=O)/C(=C\c4cccc(C)c4)NC(=O)c4ccccc4)c3)n2)cc1. The van der Waals surface area contributed by atoms with E-state index in [9.17, 15) is 14.4 Å². The van der Waals surface area contributed by atoms with Crippen LogP contribution in [0.15, 0.2) is 119 Å². The maximum absolute atomic E-state index is 13.4. The fourth-order valence-corrected chi connectivity index (χ4v) is 5.75. The van der Waals surface area contributed by atoms with Crippen molar-refractivity contribution >= 4 is 57.7 Å². The number of ether oxygens (including phenoxy) is 1. The van der Waals surface area contributed by atoms with Gasteiger partial charge in [0, 0.05) is 27.1 Å². The zero-order valence-electron chi connectivity index (χ0n) is 24.6. The Morgan fingerprint density at radius 1 is 0.889 bits per heavy atom. The summed E-state index contributed by atoms with van der Waals surface area (Å²) >= 11 is 2.69. The molecule has 0 aliphatic rings. The number of carbonyl (C=O) groups is 3. The highest BCUT2D eigenvalue weighted by Crippen LogP contribution is 2.27. The summed E-state index contributed by atoms with van der Waals surface area (Å²) in [5.41, 5.74) is 4.57. The van der Waals surface area contributed by atoms with Crippen LogP contribution in [0, 0.1) is 6.92 Å². The standard InChI is InChI=1S/C35H30N4O4S2/c1-23-8-6-9-24(18-23)19-30(37-33(41)26-10-4-3-5-11-26)34(42)36-27-12-7-13-29(20-27)44-22-32(40)39-35-38-31(21-45-35)25-14-16-28(43-2)17-15-25/h3-21H,22H2,1-2H3,(H,36,42)(H,37,41)(H,38,39,40)/b30-19+. The summed E-state index contributed by atoms with van der Waals surface area (Å²) in [7, 11) is 1.62. The number of methoxy groups -OCH3 is 1. The molecule has 0 saturated heterocycles. The molecular weight excluding hydrogens is 605 g/mol. The van der Waals surface area contributed by atoms with Gasteiger partial charge < -0.3 is 20.7 Å². The molecule has 0 radical (unpaired) electrons. The van der Waals surface area contributed by atoms with Gasteiger partial charge in [0.15, 0.2) is 5.13 Å². The molecule has 0 spiro atoms. The quantitative estimate of drug-likeness (QED) is 0.104. The summed E-state index contributed by atoms with van der Waals surface area (Å²) in [5.74, 6) is -0.150. The number of anilines is 2. The van der Waals surface area contributed by atoms with Gasteiger partial charge in [0.2, 0.25) is 5.91 Å². The smallest absolute Gasteiger partial charge is 0.272 e. The van der Waals surface area contributed by atoms with Crippen molar-refractivity contribution in [2.75, 3.05) is 23.5 Å². The Morgan fingerprint density at radius 2 is 1.67 bits per heavy atom. The summed E-state index contributed by atoms with van der Waals surface area (Å²) < 4.78 is 5.20. The summed E-state index contributed by atoms with van der Waals surface area (Å²) in [4.78, 5) is 44.3. The molecule has 10 heteroatoms. The molecule has 1 aromatic heterocycles. The Kier molecular flexibility index (Phi) is 10.4. The molecule has 45 heavy (non-hydrogen) atoms. The third kappa shape index (κ3) is 8.91. The summed E-state index contributed by atoms with van der Waals surface area (Å²) in [6, 6.07) is 31.1. The molecule has 5 rings (SSSR count). The van der Waals surface area contributed by atoms with Crippen LogP contribution in [0.4, 0.5) is 10.8 Å². The first kappa shape index (κ1) is 31.2. The van der Waals surface area contributed by atoms with Gasteiger partial charge in [-0.1, -0.05) is 54.1 Å². The molecule has 0 atom stereocenters.